The second-order valence-electron chi connectivity index (χ2n) is 3.84. The van der Waals surface area contributed by atoms with Crippen LogP contribution in [0.2, 0.25) is 6.55 Å². The van der Waals surface area contributed by atoms with Crippen molar-refractivity contribution in [3.63, 3.8) is 0 Å². The Hall–Kier alpha value is 0.0569. The maximum absolute atomic E-state index is 9.07. The summed E-state index contributed by atoms with van der Waals surface area (Å²) in [5, 5.41) is 0. The Morgan fingerprint density at radius 3 is 2.77 bits per heavy atom. The molecule has 4 nitrogen and oxygen atoms in total. The second-order valence-corrected chi connectivity index (χ2v) is 5.87. The summed E-state index contributed by atoms with van der Waals surface area (Å²) in [6.45, 7) is 6.69. The van der Waals surface area contributed by atoms with Gasteiger partial charge in [0.1, 0.15) is 6.10 Å². The third-order valence-corrected chi connectivity index (χ3v) is 2.45. The van der Waals surface area contributed by atoms with E-state index in [0.717, 1.165) is 0 Å². The number of rotatable bonds is 4. The monoisotopic (exact) mass is 206 g/mol. The molecule has 1 rings (SSSR count). The van der Waals surface area contributed by atoms with E-state index in [1.807, 2.05) is 20.4 Å². The first-order valence-corrected chi connectivity index (χ1v) is 7.06. The molecule has 0 aromatic carbocycles. The molecule has 0 aromatic rings. The van der Waals surface area contributed by atoms with E-state index in [1.54, 1.807) is 0 Å². The SMILES string of the molecule is C[SiH](O)COCC1COC(C)(C)O1. The average Bonchev–Trinajstić information content (AvgIpc) is 2.29. The molecular formula is C8H18O4Si. The van der Waals surface area contributed by atoms with Crippen molar-refractivity contribution in [2.24, 2.45) is 0 Å². The molecule has 2 unspecified atom stereocenters. The third kappa shape index (κ3) is 4.19. The molecule has 0 aliphatic carbocycles. The lowest BCUT2D eigenvalue weighted by atomic mass is 10.4. The predicted molar refractivity (Wildman–Crippen MR) is 51.0 cm³/mol. The molecule has 5 heteroatoms. The van der Waals surface area contributed by atoms with Crippen molar-refractivity contribution in [1.29, 1.82) is 0 Å². The first-order valence-electron chi connectivity index (χ1n) is 4.57. The van der Waals surface area contributed by atoms with Crippen molar-refractivity contribution in [3.8, 4) is 0 Å². The molecule has 78 valence electrons. The van der Waals surface area contributed by atoms with Crippen LogP contribution < -0.4 is 0 Å². The normalized spacial score (nSPS) is 29.1. The summed E-state index contributed by atoms with van der Waals surface area (Å²) in [7, 11) is -1.58. The molecule has 0 aromatic heterocycles. The molecule has 13 heavy (non-hydrogen) atoms. The minimum absolute atomic E-state index is 0.0164. The van der Waals surface area contributed by atoms with E-state index >= 15 is 0 Å². The number of hydrogen-bond acceptors (Lipinski definition) is 4. The van der Waals surface area contributed by atoms with Crippen molar-refractivity contribution >= 4 is 9.04 Å². The summed E-state index contributed by atoms with van der Waals surface area (Å²) in [5.74, 6) is -0.476. The van der Waals surface area contributed by atoms with Crippen LogP contribution in [0, 0.1) is 0 Å². The number of hydrogen-bond donors (Lipinski definition) is 1. The van der Waals surface area contributed by atoms with Crippen molar-refractivity contribution in [2.75, 3.05) is 19.4 Å². The Kier molecular flexibility index (Phi) is 3.87. The van der Waals surface area contributed by atoms with Gasteiger partial charge in [-0.3, -0.25) is 0 Å². The van der Waals surface area contributed by atoms with Gasteiger partial charge in [0, 0.05) is 0 Å². The van der Waals surface area contributed by atoms with Crippen molar-refractivity contribution in [1.82, 2.24) is 0 Å². The first-order chi connectivity index (χ1) is 5.99. The molecule has 0 spiro atoms. The van der Waals surface area contributed by atoms with E-state index in [9.17, 15) is 0 Å². The van der Waals surface area contributed by atoms with Gasteiger partial charge in [-0.15, -0.1) is 0 Å². The summed E-state index contributed by atoms with van der Waals surface area (Å²) in [6.07, 6.45) is 0.503. The van der Waals surface area contributed by atoms with Crippen LogP contribution in [0.25, 0.3) is 0 Å². The van der Waals surface area contributed by atoms with Gasteiger partial charge in [0.05, 0.1) is 19.4 Å². The van der Waals surface area contributed by atoms with Crippen molar-refractivity contribution in [3.05, 3.63) is 0 Å². The Morgan fingerprint density at radius 1 is 1.62 bits per heavy atom. The van der Waals surface area contributed by atoms with Crippen LogP contribution in [0.15, 0.2) is 0 Å². The van der Waals surface area contributed by atoms with Gasteiger partial charge in [0.2, 0.25) is 0 Å². The zero-order chi connectivity index (χ0) is 9.90. The van der Waals surface area contributed by atoms with Crippen LogP contribution in [-0.2, 0) is 14.2 Å². The van der Waals surface area contributed by atoms with Gasteiger partial charge in [0.15, 0.2) is 14.8 Å². The fraction of sp³-hybridized carbons (Fsp3) is 1.00. The molecule has 0 radical (unpaired) electrons. The highest BCUT2D eigenvalue weighted by Gasteiger charge is 2.32. The summed E-state index contributed by atoms with van der Waals surface area (Å²) in [5.41, 5.74) is 0. The lowest BCUT2D eigenvalue weighted by molar-refractivity contribution is -0.144. The zero-order valence-electron chi connectivity index (χ0n) is 8.45. The fourth-order valence-electron chi connectivity index (χ4n) is 1.22. The molecule has 0 amide bonds. The molecule has 1 N–H and O–H groups in total. The Morgan fingerprint density at radius 2 is 2.31 bits per heavy atom. The molecule has 0 bridgehead atoms. The van der Waals surface area contributed by atoms with E-state index in [-0.39, 0.29) is 6.10 Å². The van der Waals surface area contributed by atoms with Gasteiger partial charge in [-0.05, 0) is 20.4 Å². The maximum Gasteiger partial charge on any atom is 0.194 e. The molecule has 1 aliphatic heterocycles. The van der Waals surface area contributed by atoms with E-state index in [1.165, 1.54) is 0 Å². The maximum atomic E-state index is 9.07. The zero-order valence-corrected chi connectivity index (χ0v) is 9.60. The van der Waals surface area contributed by atoms with Crippen molar-refractivity contribution in [2.45, 2.75) is 32.3 Å². The Balaban J connectivity index is 2.11. The van der Waals surface area contributed by atoms with E-state index < -0.39 is 14.8 Å². The molecule has 0 saturated carbocycles. The predicted octanol–water partition coefficient (Wildman–Crippen LogP) is 0.0396. The van der Waals surface area contributed by atoms with Crippen LogP contribution in [0.3, 0.4) is 0 Å². The Labute approximate surface area is 80.5 Å². The van der Waals surface area contributed by atoms with Gasteiger partial charge in [-0.2, -0.15) is 0 Å². The van der Waals surface area contributed by atoms with E-state index in [4.69, 9.17) is 19.0 Å². The van der Waals surface area contributed by atoms with Gasteiger partial charge < -0.3 is 19.0 Å². The molecular weight excluding hydrogens is 188 g/mol. The molecule has 1 fully saturated rings. The third-order valence-electron chi connectivity index (χ3n) is 1.73. The lowest BCUT2D eigenvalue weighted by Crippen LogP contribution is -2.26. The second kappa shape index (κ2) is 4.52. The van der Waals surface area contributed by atoms with Gasteiger partial charge >= 0.3 is 0 Å². The average molecular weight is 206 g/mol. The quantitative estimate of drug-likeness (QED) is 0.660. The lowest BCUT2D eigenvalue weighted by Gasteiger charge is -2.17. The Bertz CT molecular complexity index is 160. The van der Waals surface area contributed by atoms with Crippen LogP contribution in [0.1, 0.15) is 13.8 Å². The summed E-state index contributed by atoms with van der Waals surface area (Å²) >= 11 is 0. The summed E-state index contributed by atoms with van der Waals surface area (Å²) in [4.78, 5) is 9.07. The number of ether oxygens (including phenoxy) is 3. The highest BCUT2D eigenvalue weighted by molar-refractivity contribution is 6.48. The fourth-order valence-corrected chi connectivity index (χ4v) is 1.69. The molecule has 1 aliphatic rings. The van der Waals surface area contributed by atoms with Gasteiger partial charge in [-0.25, -0.2) is 0 Å². The minimum Gasteiger partial charge on any atom is -0.433 e. The molecule has 1 saturated heterocycles. The molecule has 1 heterocycles. The smallest absolute Gasteiger partial charge is 0.194 e. The summed E-state index contributed by atoms with van der Waals surface area (Å²) in [6, 6.07) is 0. The highest BCUT2D eigenvalue weighted by atomic mass is 28.3. The van der Waals surface area contributed by atoms with Crippen molar-refractivity contribution < 1.29 is 19.0 Å². The largest absolute Gasteiger partial charge is 0.433 e. The van der Waals surface area contributed by atoms with Crippen LogP contribution >= 0.6 is 0 Å². The minimum atomic E-state index is -1.58. The van der Waals surface area contributed by atoms with Crippen LogP contribution in [0.4, 0.5) is 0 Å². The van der Waals surface area contributed by atoms with Gasteiger partial charge in [-0.1, -0.05) is 0 Å². The summed E-state index contributed by atoms with van der Waals surface area (Å²) < 4.78 is 16.2. The van der Waals surface area contributed by atoms with E-state index in [2.05, 4.69) is 0 Å². The standard InChI is InChI=1S/C8H18O4Si/c1-8(2)11-5-7(12-8)4-10-6-13(3)9/h7,9,13H,4-6H2,1-3H3. The topological polar surface area (TPSA) is 47.9 Å². The molecule has 2 atom stereocenters. The van der Waals surface area contributed by atoms with Crippen LogP contribution in [-0.4, -0.2) is 45.2 Å². The van der Waals surface area contributed by atoms with E-state index in [0.29, 0.717) is 19.4 Å². The van der Waals surface area contributed by atoms with Gasteiger partial charge in [0.25, 0.3) is 0 Å². The van der Waals surface area contributed by atoms with Crippen LogP contribution in [0.5, 0.6) is 0 Å². The first kappa shape index (κ1) is 11.1. The highest BCUT2D eigenvalue weighted by Crippen LogP contribution is 2.22.